The summed E-state index contributed by atoms with van der Waals surface area (Å²) >= 11 is -0.895. The van der Waals surface area contributed by atoms with Crippen LogP contribution in [0.2, 0.25) is 3.43 Å². The first-order valence-corrected chi connectivity index (χ1v) is 11.3. The molecule has 7 heteroatoms. The number of aliphatic hydroxyl groups is 1. The van der Waals surface area contributed by atoms with E-state index in [-0.39, 0.29) is 16.0 Å². The number of amides is 1. The number of pyridine rings is 1. The summed E-state index contributed by atoms with van der Waals surface area (Å²) in [4.78, 5) is 16.9. The minimum absolute atomic E-state index is 0.159. The van der Waals surface area contributed by atoms with Crippen molar-refractivity contribution in [3.05, 3.63) is 17.8 Å². The monoisotopic (exact) mass is 459 g/mol. The number of hydrogen-bond donors (Lipinski definition) is 3. The molecule has 0 aliphatic heterocycles. The molecule has 0 bridgehead atoms. The molecule has 0 aliphatic rings. The van der Waals surface area contributed by atoms with Crippen LogP contribution in [-0.2, 0) is 0 Å². The van der Waals surface area contributed by atoms with E-state index in [1.165, 1.54) is 13.8 Å². The summed E-state index contributed by atoms with van der Waals surface area (Å²) in [7, 11) is 0. The SMILES string of the molecule is CC(C)Nc1c[c]([Sn][C](C)(C)C)ncc1C(=O)NC[C@@H](F)C(C)(C)O. The van der Waals surface area contributed by atoms with Crippen LogP contribution in [0.25, 0.3) is 0 Å². The van der Waals surface area contributed by atoms with Gasteiger partial charge >= 0.3 is 160 Å². The number of carbonyl (C=O) groups is 1. The molecule has 0 spiro atoms. The van der Waals surface area contributed by atoms with E-state index in [1.807, 2.05) is 19.9 Å². The van der Waals surface area contributed by atoms with Crippen LogP contribution in [0.1, 0.15) is 58.8 Å². The van der Waals surface area contributed by atoms with Gasteiger partial charge in [-0.25, -0.2) is 0 Å². The second kappa shape index (κ2) is 8.66. The van der Waals surface area contributed by atoms with E-state index >= 15 is 0 Å². The van der Waals surface area contributed by atoms with Crippen molar-refractivity contribution >= 4 is 36.4 Å². The first-order chi connectivity index (χ1) is 11.3. The summed E-state index contributed by atoms with van der Waals surface area (Å²) in [5.74, 6) is -0.393. The van der Waals surface area contributed by atoms with Crippen LogP contribution in [0.4, 0.5) is 10.1 Å². The molecule has 3 N–H and O–H groups in total. The van der Waals surface area contributed by atoms with Gasteiger partial charge in [0.1, 0.15) is 0 Å². The molecule has 2 radical (unpaired) electrons. The summed E-state index contributed by atoms with van der Waals surface area (Å²) in [6.07, 6.45) is 0.0272. The molecular formula is C18H30FN3O2Sn. The topological polar surface area (TPSA) is 74.2 Å². The van der Waals surface area contributed by atoms with Crippen molar-refractivity contribution < 1.29 is 14.3 Å². The zero-order valence-corrected chi connectivity index (χ0v) is 19.1. The molecule has 5 nitrogen and oxygen atoms in total. The second-order valence-electron chi connectivity index (χ2n) is 8.12. The molecule has 1 aromatic rings. The fourth-order valence-electron chi connectivity index (χ4n) is 2.05. The van der Waals surface area contributed by atoms with Crippen LogP contribution >= 0.6 is 0 Å². The molecule has 1 atom stereocenters. The zero-order valence-electron chi connectivity index (χ0n) is 16.2. The van der Waals surface area contributed by atoms with E-state index in [0.717, 1.165) is 9.40 Å². The fraction of sp³-hybridized carbons (Fsp3) is 0.667. The predicted molar refractivity (Wildman–Crippen MR) is 102 cm³/mol. The number of nitrogens with zero attached hydrogens (tertiary/aromatic N) is 1. The average Bonchev–Trinajstić information content (AvgIpc) is 2.41. The first kappa shape index (κ1) is 22.2. The Kier molecular flexibility index (Phi) is 7.68. The van der Waals surface area contributed by atoms with Gasteiger partial charge in [0, 0.05) is 0 Å². The number of halogens is 1. The van der Waals surface area contributed by atoms with Gasteiger partial charge in [-0.3, -0.25) is 0 Å². The summed E-state index contributed by atoms with van der Waals surface area (Å²) in [6, 6.07) is 2.11. The van der Waals surface area contributed by atoms with Crippen molar-refractivity contribution in [1.29, 1.82) is 0 Å². The van der Waals surface area contributed by atoms with E-state index in [9.17, 15) is 14.3 Å². The van der Waals surface area contributed by atoms with Gasteiger partial charge < -0.3 is 0 Å². The number of alkyl halides is 1. The van der Waals surface area contributed by atoms with E-state index in [4.69, 9.17) is 0 Å². The Balaban J connectivity index is 2.98. The Morgan fingerprint density at radius 2 is 1.92 bits per heavy atom. The number of anilines is 1. The third kappa shape index (κ3) is 7.90. The third-order valence-electron chi connectivity index (χ3n) is 3.30. The molecule has 0 saturated carbocycles. The van der Waals surface area contributed by atoms with Crippen LogP contribution in [-0.4, -0.2) is 61.5 Å². The van der Waals surface area contributed by atoms with Crippen molar-refractivity contribution in [1.82, 2.24) is 10.3 Å². The van der Waals surface area contributed by atoms with E-state index < -0.39 is 38.8 Å². The van der Waals surface area contributed by atoms with Crippen molar-refractivity contribution in [3.8, 4) is 0 Å². The van der Waals surface area contributed by atoms with E-state index in [1.54, 1.807) is 6.20 Å². The van der Waals surface area contributed by atoms with Crippen molar-refractivity contribution in [2.24, 2.45) is 0 Å². The number of rotatable bonds is 7. The predicted octanol–water partition coefficient (Wildman–Crippen LogP) is 2.29. The molecule has 0 aliphatic carbocycles. The fourth-order valence-corrected chi connectivity index (χ4v) is 5.23. The Labute approximate surface area is 160 Å². The summed E-state index contributed by atoms with van der Waals surface area (Å²) in [5, 5.41) is 15.5. The van der Waals surface area contributed by atoms with Gasteiger partial charge in [-0.2, -0.15) is 0 Å². The molecule has 0 aromatic carbocycles. The molecule has 1 aromatic heterocycles. The van der Waals surface area contributed by atoms with Crippen molar-refractivity contribution in [3.63, 3.8) is 0 Å². The second-order valence-corrected chi connectivity index (χ2v) is 14.6. The van der Waals surface area contributed by atoms with Gasteiger partial charge in [0.2, 0.25) is 0 Å². The van der Waals surface area contributed by atoms with Gasteiger partial charge in [-0.15, -0.1) is 0 Å². The van der Waals surface area contributed by atoms with Gasteiger partial charge in [0.05, 0.1) is 0 Å². The molecule has 0 unspecified atom stereocenters. The van der Waals surface area contributed by atoms with Crippen molar-refractivity contribution in [2.45, 2.75) is 69.7 Å². The van der Waals surface area contributed by atoms with Crippen LogP contribution in [0, 0.1) is 0 Å². The summed E-state index contributed by atoms with van der Waals surface area (Å²) < 4.78 is 15.2. The third-order valence-corrected chi connectivity index (χ3v) is 6.96. The molecule has 0 fully saturated rings. The van der Waals surface area contributed by atoms with Crippen LogP contribution in [0.3, 0.4) is 0 Å². The zero-order chi connectivity index (χ0) is 19.4. The Morgan fingerprint density at radius 1 is 1.32 bits per heavy atom. The number of hydrogen-bond acceptors (Lipinski definition) is 4. The van der Waals surface area contributed by atoms with Crippen molar-refractivity contribution in [2.75, 3.05) is 11.9 Å². The summed E-state index contributed by atoms with van der Waals surface area (Å²) in [6.45, 7) is 13.1. The Hall–Kier alpha value is -0.891. The minimum atomic E-state index is -1.54. The molecule has 0 saturated heterocycles. The molecule has 1 rings (SSSR count). The maximum atomic E-state index is 13.9. The standard InChI is InChI=1S/C14H21FN3O2.C4H9.Sn/c1-9(2)18-11-5-6-16-7-10(11)13(19)17-8-12(15)14(3,4)20;1-4(2)3;/h5,7,9,12,20H,8H2,1-4H3,(H,16,18)(H,17,19);1-3H3;/t12-;;/m1../s1. The van der Waals surface area contributed by atoms with E-state index in [0.29, 0.717) is 5.56 Å². The normalized spacial score (nSPS) is 13.7. The van der Waals surface area contributed by atoms with Gasteiger partial charge in [0.15, 0.2) is 0 Å². The molecule has 1 heterocycles. The van der Waals surface area contributed by atoms with Crippen LogP contribution in [0.5, 0.6) is 0 Å². The maximum absolute atomic E-state index is 13.9. The average molecular weight is 458 g/mol. The number of aromatic nitrogens is 1. The molecular weight excluding hydrogens is 428 g/mol. The number of carbonyl (C=O) groups excluding carboxylic acids is 1. The summed E-state index contributed by atoms with van der Waals surface area (Å²) in [5.41, 5.74) is -0.372. The molecule has 1 amide bonds. The van der Waals surface area contributed by atoms with Gasteiger partial charge in [-0.1, -0.05) is 0 Å². The van der Waals surface area contributed by atoms with Crippen LogP contribution < -0.4 is 14.3 Å². The molecule has 25 heavy (non-hydrogen) atoms. The molecule has 140 valence electrons. The quantitative estimate of drug-likeness (QED) is 0.549. The number of nitrogens with one attached hydrogen (secondary N) is 2. The Morgan fingerprint density at radius 3 is 2.40 bits per heavy atom. The van der Waals surface area contributed by atoms with E-state index in [2.05, 4.69) is 36.4 Å². The first-order valence-electron chi connectivity index (χ1n) is 8.49. The van der Waals surface area contributed by atoms with Crippen LogP contribution in [0.15, 0.2) is 12.3 Å². The van der Waals surface area contributed by atoms with Gasteiger partial charge in [0.25, 0.3) is 0 Å². The van der Waals surface area contributed by atoms with Gasteiger partial charge in [-0.05, 0) is 0 Å². The Bertz CT molecular complexity index is 595.